The van der Waals surface area contributed by atoms with Crippen molar-refractivity contribution in [1.82, 2.24) is 0 Å². The van der Waals surface area contributed by atoms with Crippen molar-refractivity contribution in [2.75, 3.05) is 13.1 Å². The second kappa shape index (κ2) is 6.09. The van der Waals surface area contributed by atoms with Crippen LogP contribution in [-0.2, 0) is 0 Å². The van der Waals surface area contributed by atoms with E-state index in [0.717, 1.165) is 0 Å². The minimum Gasteiger partial charge on any atom is -0.468 e. The number of likely N-dealkylation sites (tertiary alicyclic amines) is 1. The van der Waals surface area contributed by atoms with Gasteiger partial charge in [-0.2, -0.15) is 7.05 Å². The van der Waals surface area contributed by atoms with E-state index in [2.05, 4.69) is 7.05 Å². The Balaban J connectivity index is 0.000000291. The number of piperidine rings is 1. The molecule has 0 amide bonds. The van der Waals surface area contributed by atoms with Crippen LogP contribution in [0.15, 0.2) is 0 Å². The van der Waals surface area contributed by atoms with Crippen molar-refractivity contribution in [3.63, 3.8) is 0 Å². The van der Waals surface area contributed by atoms with Gasteiger partial charge in [0.25, 0.3) is 0 Å². The number of rotatable bonds is 0. The lowest BCUT2D eigenvalue weighted by atomic mass is 10.1. The molecule has 56 valence electrons. The van der Waals surface area contributed by atoms with Crippen molar-refractivity contribution in [2.24, 2.45) is 0 Å². The first-order valence-corrected chi connectivity index (χ1v) is 4.06. The van der Waals surface area contributed by atoms with E-state index in [-0.39, 0.29) is 0 Å². The molecule has 0 saturated carbocycles. The molecular weight excluding hydrogens is 110 g/mol. The predicted molar refractivity (Wildman–Crippen MR) is 41.3 cm³/mol. The van der Waals surface area contributed by atoms with Gasteiger partial charge in [-0.3, -0.25) is 0 Å². The summed E-state index contributed by atoms with van der Waals surface area (Å²) in [4.78, 5) is 1.46. The summed E-state index contributed by atoms with van der Waals surface area (Å²) in [6.45, 7) is 6.58. The highest BCUT2D eigenvalue weighted by Crippen LogP contribution is 1.93. The van der Waals surface area contributed by atoms with Gasteiger partial charge in [-0.15, -0.1) is 0 Å². The Morgan fingerprint density at radius 1 is 1.00 bits per heavy atom. The fourth-order valence-corrected chi connectivity index (χ4v) is 1.05. The van der Waals surface area contributed by atoms with Crippen LogP contribution in [0.2, 0.25) is 0 Å². The van der Waals surface area contributed by atoms with Gasteiger partial charge in [-0.25, -0.2) is 0 Å². The molecule has 0 radical (unpaired) electrons. The van der Waals surface area contributed by atoms with Gasteiger partial charge in [0.2, 0.25) is 0 Å². The normalized spacial score (nSPS) is 20.3. The topological polar surface area (TPSA) is 4.44 Å². The molecule has 1 heterocycles. The lowest BCUT2D eigenvalue weighted by molar-refractivity contribution is -0.858. The van der Waals surface area contributed by atoms with E-state index in [0.29, 0.717) is 0 Å². The first kappa shape index (κ1) is 8.96. The van der Waals surface area contributed by atoms with Gasteiger partial charge in [-0.05, 0) is 19.3 Å². The molecule has 0 bridgehead atoms. The smallest absolute Gasteiger partial charge is 0.0530 e. The van der Waals surface area contributed by atoms with Gasteiger partial charge in [0.15, 0.2) is 0 Å². The van der Waals surface area contributed by atoms with Crippen molar-refractivity contribution in [1.29, 1.82) is 0 Å². The van der Waals surface area contributed by atoms with Crippen LogP contribution < -0.4 is 4.90 Å². The molecule has 1 saturated heterocycles. The SMILES string of the molecule is CC.[CH2-][NH+]1CCCCC1. The molecule has 0 spiro atoms. The van der Waals surface area contributed by atoms with E-state index >= 15 is 0 Å². The highest BCUT2D eigenvalue weighted by Gasteiger charge is 2.01. The number of hydrogen-bond donors (Lipinski definition) is 1. The molecule has 1 fully saturated rings. The van der Waals surface area contributed by atoms with Gasteiger partial charge in [0.05, 0.1) is 13.1 Å². The Kier molecular flexibility index (Phi) is 6.06. The Hall–Kier alpha value is -0.0400. The third kappa shape index (κ3) is 4.46. The highest BCUT2D eigenvalue weighted by molar-refractivity contribution is 4.44. The van der Waals surface area contributed by atoms with Crippen molar-refractivity contribution in [2.45, 2.75) is 33.1 Å². The third-order valence-corrected chi connectivity index (χ3v) is 1.56. The second-order valence-corrected chi connectivity index (χ2v) is 2.31. The summed E-state index contributed by atoms with van der Waals surface area (Å²) in [5, 5.41) is 0. The summed E-state index contributed by atoms with van der Waals surface area (Å²) in [6.07, 6.45) is 4.21. The average Bonchev–Trinajstić information content (AvgIpc) is 1.94. The van der Waals surface area contributed by atoms with Crippen LogP contribution in [0.3, 0.4) is 0 Å². The van der Waals surface area contributed by atoms with Crippen LogP contribution in [0.1, 0.15) is 33.1 Å². The molecule has 1 aliphatic heterocycles. The van der Waals surface area contributed by atoms with Crippen molar-refractivity contribution < 1.29 is 4.90 Å². The molecule has 0 aliphatic carbocycles. The van der Waals surface area contributed by atoms with E-state index in [9.17, 15) is 0 Å². The Bertz CT molecular complexity index is 46.5. The van der Waals surface area contributed by atoms with Crippen LogP contribution in [0.25, 0.3) is 0 Å². The number of quaternary nitrogens is 1. The van der Waals surface area contributed by atoms with Gasteiger partial charge >= 0.3 is 0 Å². The zero-order valence-electron chi connectivity index (χ0n) is 6.74. The zero-order chi connectivity index (χ0) is 7.11. The van der Waals surface area contributed by atoms with Gasteiger partial charge in [0, 0.05) is 0 Å². The highest BCUT2D eigenvalue weighted by atomic mass is 15.1. The maximum atomic E-state index is 3.91. The fraction of sp³-hybridized carbons (Fsp3) is 0.875. The molecule has 0 aromatic carbocycles. The lowest BCUT2D eigenvalue weighted by Crippen LogP contribution is -3.07. The van der Waals surface area contributed by atoms with Gasteiger partial charge in [0.1, 0.15) is 0 Å². The first-order chi connectivity index (χ1) is 4.39. The number of nitrogens with one attached hydrogen (secondary N) is 1. The van der Waals surface area contributed by atoms with Gasteiger partial charge in [-0.1, -0.05) is 13.8 Å². The van der Waals surface area contributed by atoms with Crippen LogP contribution in [0, 0.1) is 7.05 Å². The number of hydrogen-bond acceptors (Lipinski definition) is 0. The molecule has 1 heteroatoms. The third-order valence-electron chi connectivity index (χ3n) is 1.56. The van der Waals surface area contributed by atoms with Crippen LogP contribution >= 0.6 is 0 Å². The average molecular weight is 129 g/mol. The van der Waals surface area contributed by atoms with E-state index in [1.54, 1.807) is 0 Å². The molecule has 1 aliphatic rings. The fourth-order valence-electron chi connectivity index (χ4n) is 1.05. The predicted octanol–water partition coefficient (Wildman–Crippen LogP) is 0.873. The molecule has 1 N–H and O–H groups in total. The Labute approximate surface area is 59.1 Å². The van der Waals surface area contributed by atoms with E-state index in [1.165, 1.54) is 37.3 Å². The summed E-state index contributed by atoms with van der Waals surface area (Å²) in [5.74, 6) is 0. The molecule has 0 unspecified atom stereocenters. The van der Waals surface area contributed by atoms with Gasteiger partial charge < -0.3 is 4.90 Å². The maximum Gasteiger partial charge on any atom is 0.0530 e. The van der Waals surface area contributed by atoms with E-state index < -0.39 is 0 Å². The van der Waals surface area contributed by atoms with Crippen molar-refractivity contribution >= 4 is 0 Å². The van der Waals surface area contributed by atoms with Crippen LogP contribution in [0.5, 0.6) is 0 Å². The molecule has 9 heavy (non-hydrogen) atoms. The molecule has 1 rings (SSSR count). The van der Waals surface area contributed by atoms with Crippen molar-refractivity contribution in [3.05, 3.63) is 7.05 Å². The maximum absolute atomic E-state index is 3.91. The monoisotopic (exact) mass is 129 g/mol. The molecule has 1 nitrogen and oxygen atoms in total. The molecule has 0 aromatic heterocycles. The molecule has 0 aromatic rings. The quantitative estimate of drug-likeness (QED) is 0.463. The summed E-state index contributed by atoms with van der Waals surface area (Å²) in [7, 11) is 3.91. The lowest BCUT2D eigenvalue weighted by Gasteiger charge is -2.24. The zero-order valence-corrected chi connectivity index (χ0v) is 6.74. The second-order valence-electron chi connectivity index (χ2n) is 2.31. The summed E-state index contributed by atoms with van der Waals surface area (Å²) < 4.78 is 0. The Morgan fingerprint density at radius 2 is 1.44 bits per heavy atom. The minimum atomic E-state index is 1.29. The van der Waals surface area contributed by atoms with Crippen LogP contribution in [0.4, 0.5) is 0 Å². The molecule has 0 atom stereocenters. The summed E-state index contributed by atoms with van der Waals surface area (Å²) >= 11 is 0. The Morgan fingerprint density at radius 3 is 1.67 bits per heavy atom. The summed E-state index contributed by atoms with van der Waals surface area (Å²) in [5.41, 5.74) is 0. The van der Waals surface area contributed by atoms with Crippen LogP contribution in [-0.4, -0.2) is 13.1 Å². The molecular formula is C8H19N. The van der Waals surface area contributed by atoms with E-state index in [4.69, 9.17) is 0 Å². The van der Waals surface area contributed by atoms with Crippen molar-refractivity contribution in [3.8, 4) is 0 Å². The largest absolute Gasteiger partial charge is 0.468 e. The summed E-state index contributed by atoms with van der Waals surface area (Å²) in [6, 6.07) is 0. The van der Waals surface area contributed by atoms with E-state index in [1.807, 2.05) is 13.8 Å². The first-order valence-electron chi connectivity index (χ1n) is 4.06. The standard InChI is InChI=1S/C6H13N.C2H6/c1-7-5-3-2-4-6-7;1-2/h7H,1-6H2;1-2H3. The minimum absolute atomic E-state index is 1.29.